The fraction of sp³-hybridized carbons (Fsp3) is 0.312. The van der Waals surface area contributed by atoms with Crippen molar-refractivity contribution in [3.05, 3.63) is 83.9 Å². The summed E-state index contributed by atoms with van der Waals surface area (Å²) in [5.41, 5.74) is 2.80. The van der Waals surface area contributed by atoms with Gasteiger partial charge < -0.3 is 20.1 Å². The number of anilines is 3. The number of ether oxygens (including phenoxy) is 2. The Kier molecular flexibility index (Phi) is 8.48. The van der Waals surface area contributed by atoms with Crippen molar-refractivity contribution >= 4 is 45.6 Å². The molecule has 0 bridgehead atoms. The average molecular weight is 585 g/mol. The lowest BCUT2D eigenvalue weighted by Crippen LogP contribution is -2.23. The van der Waals surface area contributed by atoms with Gasteiger partial charge in [-0.15, -0.1) is 0 Å². The Morgan fingerprint density at radius 1 is 1.10 bits per heavy atom. The van der Waals surface area contributed by atoms with Gasteiger partial charge in [0.05, 0.1) is 33.9 Å². The number of likely N-dealkylation sites (tertiary alicyclic amines) is 1. The maximum Gasteiger partial charge on any atom is 0.248 e. The monoisotopic (exact) mass is 584 g/mol. The normalized spacial score (nSPS) is 17.0. The van der Waals surface area contributed by atoms with Crippen LogP contribution in [0.3, 0.4) is 0 Å². The zero-order valence-corrected chi connectivity index (χ0v) is 24.2. The number of hydrogen-bond donors (Lipinski definition) is 2. The van der Waals surface area contributed by atoms with Crippen molar-refractivity contribution in [1.82, 2.24) is 19.9 Å². The molecule has 1 unspecified atom stereocenters. The van der Waals surface area contributed by atoms with Crippen LogP contribution < -0.4 is 20.1 Å². The first-order valence-corrected chi connectivity index (χ1v) is 14.6. The number of carbonyl (C=O) groups excluding carboxylic acids is 1. The Hall–Kier alpha value is -4.21. The second kappa shape index (κ2) is 12.8. The smallest absolute Gasteiger partial charge is 0.248 e. The SMILES string of the molecule is CN1CCCC1/C=C/C(=O)Nc1ccc2ncnc(Nc3ccc(OCc4ccccn4)c(Cl)c3)c2c1OCC1CC1. The van der Waals surface area contributed by atoms with Gasteiger partial charge in [0.2, 0.25) is 5.91 Å². The van der Waals surface area contributed by atoms with Crippen LogP contribution in [0.5, 0.6) is 11.5 Å². The zero-order valence-electron chi connectivity index (χ0n) is 23.4. The summed E-state index contributed by atoms with van der Waals surface area (Å²) in [5, 5.41) is 7.52. The molecule has 1 aliphatic heterocycles. The van der Waals surface area contributed by atoms with Gasteiger partial charge in [-0.25, -0.2) is 9.97 Å². The number of halogens is 1. The minimum Gasteiger partial charge on any atom is -0.490 e. The molecule has 2 aliphatic rings. The Morgan fingerprint density at radius 2 is 2.00 bits per heavy atom. The van der Waals surface area contributed by atoms with E-state index in [4.69, 9.17) is 21.1 Å². The predicted molar refractivity (Wildman–Crippen MR) is 164 cm³/mol. The molecule has 3 heterocycles. The van der Waals surface area contributed by atoms with Crippen LogP contribution in [-0.4, -0.2) is 52.0 Å². The molecule has 2 aromatic carbocycles. The van der Waals surface area contributed by atoms with Crippen LogP contribution in [0.25, 0.3) is 10.9 Å². The molecule has 2 fully saturated rings. The number of nitrogens with one attached hydrogen (secondary N) is 2. The molecule has 2 aromatic heterocycles. The van der Waals surface area contributed by atoms with E-state index in [-0.39, 0.29) is 11.9 Å². The maximum atomic E-state index is 13.0. The first-order valence-electron chi connectivity index (χ1n) is 14.2. The van der Waals surface area contributed by atoms with Crippen LogP contribution in [0.2, 0.25) is 5.02 Å². The molecule has 1 amide bonds. The summed E-state index contributed by atoms with van der Waals surface area (Å²) in [6, 6.07) is 15.1. The fourth-order valence-corrected chi connectivity index (χ4v) is 5.21. The highest BCUT2D eigenvalue weighted by Gasteiger charge is 2.25. The molecule has 1 atom stereocenters. The highest BCUT2D eigenvalue weighted by atomic mass is 35.5. The number of nitrogens with zero attached hydrogens (tertiary/aromatic N) is 4. The van der Waals surface area contributed by atoms with Gasteiger partial charge in [0.1, 0.15) is 24.5 Å². The van der Waals surface area contributed by atoms with E-state index in [9.17, 15) is 4.79 Å². The third-order valence-electron chi connectivity index (χ3n) is 7.52. The second-order valence-electron chi connectivity index (χ2n) is 10.7. The largest absolute Gasteiger partial charge is 0.490 e. The van der Waals surface area contributed by atoms with Crippen molar-refractivity contribution in [2.24, 2.45) is 5.92 Å². The van der Waals surface area contributed by atoms with Gasteiger partial charge in [0, 0.05) is 24.0 Å². The van der Waals surface area contributed by atoms with Gasteiger partial charge in [-0.05, 0) is 87.7 Å². The summed E-state index contributed by atoms with van der Waals surface area (Å²) in [4.78, 5) is 28.5. The number of fused-ring (bicyclic) bond motifs is 1. The summed E-state index contributed by atoms with van der Waals surface area (Å²) in [5.74, 6) is 1.95. The van der Waals surface area contributed by atoms with Crippen molar-refractivity contribution in [1.29, 1.82) is 0 Å². The van der Waals surface area contributed by atoms with E-state index < -0.39 is 0 Å². The average Bonchev–Trinajstić information content (AvgIpc) is 3.74. The zero-order chi connectivity index (χ0) is 28.9. The molecule has 1 saturated carbocycles. The van der Waals surface area contributed by atoms with Crippen LogP contribution in [0.1, 0.15) is 31.4 Å². The van der Waals surface area contributed by atoms with Crippen LogP contribution in [0.4, 0.5) is 17.2 Å². The number of rotatable bonds is 11. The van der Waals surface area contributed by atoms with Gasteiger partial charge in [0.15, 0.2) is 5.75 Å². The summed E-state index contributed by atoms with van der Waals surface area (Å²) >= 11 is 6.57. The molecular formula is C32H33ClN6O3. The van der Waals surface area contributed by atoms with Gasteiger partial charge in [-0.3, -0.25) is 14.7 Å². The van der Waals surface area contributed by atoms with E-state index in [0.717, 1.165) is 43.6 Å². The number of benzene rings is 2. The first-order chi connectivity index (χ1) is 20.5. The molecule has 0 spiro atoms. The minimum absolute atomic E-state index is 0.203. The molecule has 2 N–H and O–H groups in total. The first kappa shape index (κ1) is 27.9. The lowest BCUT2D eigenvalue weighted by molar-refractivity contribution is -0.112. The van der Waals surface area contributed by atoms with Crippen molar-refractivity contribution < 1.29 is 14.3 Å². The Bertz CT molecular complexity index is 1590. The van der Waals surface area contributed by atoms with E-state index in [0.29, 0.717) is 58.1 Å². The van der Waals surface area contributed by atoms with E-state index >= 15 is 0 Å². The number of amides is 1. The van der Waals surface area contributed by atoms with Gasteiger partial charge in [-0.1, -0.05) is 23.7 Å². The molecule has 9 nitrogen and oxygen atoms in total. The van der Waals surface area contributed by atoms with E-state index in [1.54, 1.807) is 24.4 Å². The van der Waals surface area contributed by atoms with Gasteiger partial charge >= 0.3 is 0 Å². The van der Waals surface area contributed by atoms with E-state index in [1.165, 1.54) is 6.33 Å². The van der Waals surface area contributed by atoms with E-state index in [1.807, 2.05) is 42.5 Å². The summed E-state index contributed by atoms with van der Waals surface area (Å²) in [6.07, 6.45) is 11.3. The summed E-state index contributed by atoms with van der Waals surface area (Å²) in [6.45, 7) is 1.92. The van der Waals surface area contributed by atoms with Crippen molar-refractivity contribution in [2.75, 3.05) is 30.8 Å². The molecule has 1 aliphatic carbocycles. The number of likely N-dealkylation sites (N-methyl/N-ethyl adjacent to an activating group) is 1. The minimum atomic E-state index is -0.203. The van der Waals surface area contributed by atoms with Crippen LogP contribution in [-0.2, 0) is 11.4 Å². The molecule has 4 aromatic rings. The van der Waals surface area contributed by atoms with Crippen LogP contribution in [0.15, 0.2) is 73.2 Å². The third-order valence-corrected chi connectivity index (χ3v) is 7.81. The van der Waals surface area contributed by atoms with Gasteiger partial charge in [0.25, 0.3) is 0 Å². The van der Waals surface area contributed by atoms with Gasteiger partial charge in [-0.2, -0.15) is 0 Å². The lowest BCUT2D eigenvalue weighted by Gasteiger charge is -2.17. The van der Waals surface area contributed by atoms with Crippen molar-refractivity contribution in [3.8, 4) is 11.5 Å². The van der Waals surface area contributed by atoms with Crippen molar-refractivity contribution in [2.45, 2.75) is 38.3 Å². The second-order valence-corrected chi connectivity index (χ2v) is 11.1. The van der Waals surface area contributed by atoms with Crippen molar-refractivity contribution in [3.63, 3.8) is 0 Å². The third kappa shape index (κ3) is 6.80. The molecule has 42 heavy (non-hydrogen) atoms. The molecule has 1 saturated heterocycles. The Morgan fingerprint density at radius 3 is 2.76 bits per heavy atom. The topological polar surface area (TPSA) is 102 Å². The standard InChI is InChI=1S/C32H33ClN6O3/c1-39-16-4-6-24(39)10-14-29(40)38-27-12-11-26-30(31(27)42-18-21-7-8-21)32(36-20-35-26)37-22-9-13-28(25(33)17-22)41-19-23-5-2-3-15-34-23/h2-3,5,9-15,17,20-21,24H,4,6-8,16,18-19H2,1H3,(H,38,40)(H,35,36,37)/b14-10+. The number of carbonyl (C=O) groups is 1. The molecular weight excluding hydrogens is 552 g/mol. The summed E-state index contributed by atoms with van der Waals surface area (Å²) in [7, 11) is 2.08. The maximum absolute atomic E-state index is 13.0. The summed E-state index contributed by atoms with van der Waals surface area (Å²) < 4.78 is 12.2. The quantitative estimate of drug-likeness (QED) is 0.196. The predicted octanol–water partition coefficient (Wildman–Crippen LogP) is 6.38. The van der Waals surface area contributed by atoms with Crippen LogP contribution >= 0.6 is 11.6 Å². The fourth-order valence-electron chi connectivity index (χ4n) is 4.97. The van der Waals surface area contributed by atoms with E-state index in [2.05, 4.69) is 37.5 Å². The number of pyridine rings is 1. The Labute approximate surface area is 249 Å². The highest BCUT2D eigenvalue weighted by Crippen LogP contribution is 2.40. The molecule has 6 rings (SSSR count). The Balaban J connectivity index is 1.25. The molecule has 216 valence electrons. The lowest BCUT2D eigenvalue weighted by atomic mass is 10.1. The van der Waals surface area contributed by atoms with Crippen LogP contribution in [0, 0.1) is 5.92 Å². The highest BCUT2D eigenvalue weighted by molar-refractivity contribution is 6.32. The number of hydrogen-bond acceptors (Lipinski definition) is 8. The molecule has 0 radical (unpaired) electrons. The number of aromatic nitrogens is 3. The molecule has 10 heteroatoms.